The van der Waals surface area contributed by atoms with E-state index in [1.807, 2.05) is 0 Å². The number of hydrogen-bond acceptors (Lipinski definition) is 5. The fourth-order valence-corrected chi connectivity index (χ4v) is 1.78. The molecular formula is C12H11NO6. The predicted octanol–water partition coefficient (Wildman–Crippen LogP) is 0.472. The Balaban J connectivity index is 2.95. The summed E-state index contributed by atoms with van der Waals surface area (Å²) in [7, 11) is 2.65. The Morgan fingerprint density at radius 3 is 2.53 bits per heavy atom. The third-order valence-electron chi connectivity index (χ3n) is 2.70. The first-order valence-corrected chi connectivity index (χ1v) is 5.23. The van der Waals surface area contributed by atoms with Gasteiger partial charge in [-0.1, -0.05) is 0 Å². The van der Waals surface area contributed by atoms with Gasteiger partial charge in [0.2, 0.25) is 5.43 Å². The van der Waals surface area contributed by atoms with Crippen LogP contribution in [0.4, 0.5) is 0 Å². The maximum absolute atomic E-state index is 12.0. The monoisotopic (exact) mass is 265 g/mol. The number of rotatable bonds is 3. The third-order valence-corrected chi connectivity index (χ3v) is 2.70. The van der Waals surface area contributed by atoms with Gasteiger partial charge in [0.1, 0.15) is 12.7 Å². The second-order valence-electron chi connectivity index (χ2n) is 3.73. The number of ether oxygens (including phenoxy) is 1. The highest BCUT2D eigenvalue weighted by Crippen LogP contribution is 2.29. The van der Waals surface area contributed by atoms with E-state index in [1.54, 1.807) is 0 Å². The number of aromatic carboxylic acids is 1. The van der Waals surface area contributed by atoms with Crippen LogP contribution in [0.3, 0.4) is 0 Å². The number of methoxy groups -OCH3 is 1. The lowest BCUT2D eigenvalue weighted by Crippen LogP contribution is -2.21. The lowest BCUT2D eigenvalue weighted by atomic mass is 10.1. The number of hydrogen-bond donors (Lipinski definition) is 2. The molecule has 100 valence electrons. The van der Waals surface area contributed by atoms with Crippen molar-refractivity contribution in [1.29, 1.82) is 0 Å². The van der Waals surface area contributed by atoms with Gasteiger partial charge in [0.05, 0.1) is 24.2 Å². The molecule has 2 rings (SSSR count). The van der Waals surface area contributed by atoms with Crippen molar-refractivity contribution in [2.24, 2.45) is 0 Å². The minimum atomic E-state index is -1.36. The summed E-state index contributed by atoms with van der Waals surface area (Å²) in [5.41, 5.74) is -0.855. The number of pyridine rings is 1. The Labute approximate surface area is 107 Å². The second kappa shape index (κ2) is 4.52. The highest BCUT2D eigenvalue weighted by atomic mass is 16.6. The molecule has 2 aromatic rings. The van der Waals surface area contributed by atoms with Crippen molar-refractivity contribution in [2.45, 2.75) is 0 Å². The van der Waals surface area contributed by atoms with Crippen LogP contribution >= 0.6 is 0 Å². The van der Waals surface area contributed by atoms with Crippen LogP contribution in [-0.4, -0.2) is 35.1 Å². The van der Waals surface area contributed by atoms with Gasteiger partial charge >= 0.3 is 5.97 Å². The highest BCUT2D eigenvalue weighted by molar-refractivity contribution is 5.93. The molecule has 0 amide bonds. The molecule has 0 radical (unpaired) electrons. The first kappa shape index (κ1) is 12.7. The number of benzene rings is 1. The van der Waals surface area contributed by atoms with Gasteiger partial charge in [-0.2, -0.15) is 4.73 Å². The average molecular weight is 265 g/mol. The molecule has 7 nitrogen and oxygen atoms in total. The SMILES string of the molecule is COc1cc2c(=O)c(C(=O)O)cn(OC)c2cc1O. The van der Waals surface area contributed by atoms with Gasteiger partial charge in [0.15, 0.2) is 11.5 Å². The minimum absolute atomic E-state index is 0.0785. The average Bonchev–Trinajstić information content (AvgIpc) is 2.38. The maximum Gasteiger partial charge on any atom is 0.341 e. The van der Waals surface area contributed by atoms with E-state index in [2.05, 4.69) is 0 Å². The summed E-state index contributed by atoms with van der Waals surface area (Å²) in [4.78, 5) is 28.0. The lowest BCUT2D eigenvalue weighted by molar-refractivity contribution is 0.0691. The topological polar surface area (TPSA) is 98.0 Å². The van der Waals surface area contributed by atoms with Crippen molar-refractivity contribution in [3.8, 4) is 11.5 Å². The number of carbonyl (C=O) groups is 1. The summed E-state index contributed by atoms with van der Waals surface area (Å²) in [5, 5.41) is 18.7. The number of phenols is 1. The van der Waals surface area contributed by atoms with Crippen LogP contribution in [0.15, 0.2) is 23.1 Å². The molecule has 7 heteroatoms. The van der Waals surface area contributed by atoms with Gasteiger partial charge in [-0.3, -0.25) is 4.79 Å². The third kappa shape index (κ3) is 1.95. The standard InChI is InChI=1S/C12H11NO6/c1-18-10-3-6-8(4-9(10)14)13(19-2)5-7(11(6)15)12(16)17/h3-5,14H,1-2H3,(H,16,17). The summed E-state index contributed by atoms with van der Waals surface area (Å²) in [6.07, 6.45) is 1.05. The van der Waals surface area contributed by atoms with Crippen LogP contribution in [0.25, 0.3) is 10.9 Å². The Kier molecular flexibility index (Phi) is 3.04. The Hall–Kier alpha value is -2.70. The molecule has 0 aliphatic carbocycles. The first-order valence-electron chi connectivity index (χ1n) is 5.23. The fourth-order valence-electron chi connectivity index (χ4n) is 1.78. The molecule has 0 aliphatic rings. The van der Waals surface area contributed by atoms with Gasteiger partial charge in [0.25, 0.3) is 0 Å². The molecule has 0 atom stereocenters. The first-order chi connectivity index (χ1) is 8.99. The smallest absolute Gasteiger partial charge is 0.341 e. The van der Waals surface area contributed by atoms with Gasteiger partial charge < -0.3 is 19.8 Å². The highest BCUT2D eigenvalue weighted by Gasteiger charge is 2.17. The molecule has 1 aromatic heterocycles. The Morgan fingerprint density at radius 1 is 1.32 bits per heavy atom. The van der Waals surface area contributed by atoms with E-state index in [4.69, 9.17) is 14.7 Å². The zero-order valence-corrected chi connectivity index (χ0v) is 10.2. The van der Waals surface area contributed by atoms with E-state index >= 15 is 0 Å². The molecule has 2 N–H and O–H groups in total. The van der Waals surface area contributed by atoms with E-state index in [1.165, 1.54) is 26.4 Å². The summed E-state index contributed by atoms with van der Waals surface area (Å²) in [6, 6.07) is 2.54. The van der Waals surface area contributed by atoms with Crippen molar-refractivity contribution < 1.29 is 24.6 Å². The molecule has 0 saturated heterocycles. The van der Waals surface area contributed by atoms with Crippen molar-refractivity contribution in [3.05, 3.63) is 34.1 Å². The number of fused-ring (bicyclic) bond motifs is 1. The van der Waals surface area contributed by atoms with Crippen molar-refractivity contribution in [1.82, 2.24) is 4.73 Å². The zero-order chi connectivity index (χ0) is 14.2. The lowest BCUT2D eigenvalue weighted by Gasteiger charge is -2.12. The number of phenolic OH excluding ortho intramolecular Hbond substituents is 1. The molecule has 0 fully saturated rings. The summed E-state index contributed by atoms with van der Waals surface area (Å²) >= 11 is 0. The molecule has 0 bridgehead atoms. The molecule has 19 heavy (non-hydrogen) atoms. The summed E-state index contributed by atoms with van der Waals surface area (Å²) < 4.78 is 5.99. The minimum Gasteiger partial charge on any atom is -0.504 e. The maximum atomic E-state index is 12.0. The van der Waals surface area contributed by atoms with Crippen molar-refractivity contribution in [2.75, 3.05) is 14.2 Å². The molecule has 0 aliphatic heterocycles. The van der Waals surface area contributed by atoms with Gasteiger partial charge in [-0.05, 0) is 6.07 Å². The molecule has 1 heterocycles. The normalized spacial score (nSPS) is 10.4. The van der Waals surface area contributed by atoms with E-state index in [9.17, 15) is 14.7 Å². The van der Waals surface area contributed by atoms with E-state index in [0.717, 1.165) is 10.9 Å². The number of aromatic hydroxyl groups is 1. The van der Waals surface area contributed by atoms with E-state index in [0.29, 0.717) is 0 Å². The summed E-state index contributed by atoms with van der Waals surface area (Å²) in [5.74, 6) is -1.46. The van der Waals surface area contributed by atoms with Gasteiger partial charge in [-0.25, -0.2) is 4.79 Å². The predicted molar refractivity (Wildman–Crippen MR) is 65.9 cm³/mol. The van der Waals surface area contributed by atoms with Crippen LogP contribution in [0, 0.1) is 0 Å². The van der Waals surface area contributed by atoms with E-state index < -0.39 is 17.0 Å². The molecule has 0 unspecified atom stereocenters. The van der Waals surface area contributed by atoms with Crippen LogP contribution < -0.4 is 15.0 Å². The Morgan fingerprint density at radius 2 is 2.00 bits per heavy atom. The zero-order valence-electron chi connectivity index (χ0n) is 10.2. The Bertz CT molecular complexity index is 718. The molecule has 1 aromatic carbocycles. The van der Waals surface area contributed by atoms with Crippen molar-refractivity contribution in [3.63, 3.8) is 0 Å². The van der Waals surface area contributed by atoms with E-state index in [-0.39, 0.29) is 22.4 Å². The quantitative estimate of drug-likeness (QED) is 0.837. The van der Waals surface area contributed by atoms with Crippen LogP contribution in [0.2, 0.25) is 0 Å². The van der Waals surface area contributed by atoms with Gasteiger partial charge in [-0.15, -0.1) is 0 Å². The van der Waals surface area contributed by atoms with Gasteiger partial charge in [0, 0.05) is 6.07 Å². The number of carboxylic acids is 1. The fraction of sp³-hybridized carbons (Fsp3) is 0.167. The molecule has 0 spiro atoms. The number of aromatic nitrogens is 1. The molecule has 0 saturated carbocycles. The van der Waals surface area contributed by atoms with Crippen LogP contribution in [0.1, 0.15) is 10.4 Å². The van der Waals surface area contributed by atoms with Crippen LogP contribution in [-0.2, 0) is 0 Å². The van der Waals surface area contributed by atoms with Crippen LogP contribution in [0.5, 0.6) is 11.5 Å². The number of nitrogens with zero attached hydrogens (tertiary/aromatic N) is 1. The summed E-state index contributed by atoms with van der Waals surface area (Å²) in [6.45, 7) is 0. The largest absolute Gasteiger partial charge is 0.504 e. The second-order valence-corrected chi connectivity index (χ2v) is 3.73. The number of carboxylic acid groups (broad SMARTS) is 1. The van der Waals surface area contributed by atoms with Crippen molar-refractivity contribution >= 4 is 16.9 Å². The molecular weight excluding hydrogens is 254 g/mol.